The average molecular weight is 354 g/mol. The number of aromatic hydroxyl groups is 1. The number of carboxylic acid groups (broad SMARTS) is 1. The Morgan fingerprint density at radius 2 is 2.00 bits per heavy atom. The Morgan fingerprint density at radius 3 is 2.69 bits per heavy atom. The van der Waals surface area contributed by atoms with Crippen LogP contribution in [0, 0.1) is 0 Å². The van der Waals surface area contributed by atoms with Gasteiger partial charge in [0.05, 0.1) is 12.2 Å². The first kappa shape index (κ1) is 17.9. The molecule has 4 rings (SSSR count). The van der Waals surface area contributed by atoms with Crippen LogP contribution in [-0.2, 0) is 4.79 Å². The van der Waals surface area contributed by atoms with Crippen molar-refractivity contribution in [3.05, 3.63) is 42.1 Å². The smallest absolute Gasteiger partial charge is 0.317 e. The van der Waals surface area contributed by atoms with Crippen LogP contribution in [0.25, 0.3) is 22.3 Å². The molecule has 136 valence electrons. The number of rotatable bonds is 4. The highest BCUT2D eigenvalue weighted by atomic mass is 16.4. The van der Waals surface area contributed by atoms with Gasteiger partial charge in [-0.3, -0.25) is 9.69 Å². The van der Waals surface area contributed by atoms with Crippen LogP contribution in [0.5, 0.6) is 5.75 Å². The van der Waals surface area contributed by atoms with Crippen LogP contribution in [0.3, 0.4) is 0 Å². The zero-order valence-corrected chi connectivity index (χ0v) is 14.8. The Kier molecular flexibility index (Phi) is 5.18. The quantitative estimate of drug-likeness (QED) is 0.666. The van der Waals surface area contributed by atoms with Crippen LogP contribution >= 0.6 is 0 Å². The normalized spacial score (nSPS) is 14.5. The molecule has 2 aromatic heterocycles. The van der Waals surface area contributed by atoms with Crippen molar-refractivity contribution >= 4 is 17.0 Å². The maximum atomic E-state index is 10.8. The number of hydrogen-bond acceptors (Lipinski definition) is 5. The molecule has 0 saturated carbocycles. The molecule has 0 aliphatic carbocycles. The van der Waals surface area contributed by atoms with Crippen molar-refractivity contribution in [1.82, 2.24) is 20.1 Å². The number of para-hydroxylation sites is 1. The number of nitrogens with zero attached hydrogens (tertiary/aromatic N) is 3. The van der Waals surface area contributed by atoms with E-state index in [2.05, 4.69) is 15.2 Å². The van der Waals surface area contributed by atoms with E-state index in [1.54, 1.807) is 18.2 Å². The van der Waals surface area contributed by atoms with Crippen molar-refractivity contribution in [3.8, 4) is 17.0 Å². The highest BCUT2D eigenvalue weighted by Gasteiger charge is 2.31. The molecule has 3 N–H and O–H groups in total. The summed E-state index contributed by atoms with van der Waals surface area (Å²) in [5, 5.41) is 28.2. The second-order valence-electron chi connectivity index (χ2n) is 6.04. The lowest BCUT2D eigenvalue weighted by Gasteiger charge is -2.38. The molecule has 0 spiro atoms. The van der Waals surface area contributed by atoms with Gasteiger partial charge in [0.2, 0.25) is 0 Å². The predicted molar refractivity (Wildman–Crippen MR) is 99.2 cm³/mol. The number of benzene rings is 1. The van der Waals surface area contributed by atoms with Gasteiger partial charge in [-0.2, -0.15) is 0 Å². The van der Waals surface area contributed by atoms with Gasteiger partial charge in [0.15, 0.2) is 5.65 Å². The maximum Gasteiger partial charge on any atom is 0.317 e. The number of carbonyl (C=O) groups is 1. The molecule has 3 heterocycles. The van der Waals surface area contributed by atoms with Crippen molar-refractivity contribution < 1.29 is 15.0 Å². The van der Waals surface area contributed by atoms with E-state index in [0.29, 0.717) is 30.0 Å². The van der Waals surface area contributed by atoms with Crippen molar-refractivity contribution in [2.45, 2.75) is 19.8 Å². The molecule has 0 atom stereocenters. The molecule has 3 aromatic rings. The number of phenols is 1. The molecule has 0 amide bonds. The SMILES string of the molecule is CC.O=C(O)CN1CC(c2c[nH]c3nnc(-c4ccccc4O)cc23)C1. The summed E-state index contributed by atoms with van der Waals surface area (Å²) in [6.07, 6.45) is 1.91. The van der Waals surface area contributed by atoms with Crippen LogP contribution in [0.4, 0.5) is 0 Å². The van der Waals surface area contributed by atoms with E-state index in [1.165, 1.54) is 0 Å². The molecule has 1 aliphatic heterocycles. The molecular weight excluding hydrogens is 332 g/mol. The van der Waals surface area contributed by atoms with Gasteiger partial charge >= 0.3 is 5.97 Å². The maximum absolute atomic E-state index is 10.8. The second kappa shape index (κ2) is 7.53. The van der Waals surface area contributed by atoms with E-state index in [4.69, 9.17) is 5.11 Å². The van der Waals surface area contributed by atoms with Crippen LogP contribution in [0.1, 0.15) is 25.3 Å². The van der Waals surface area contributed by atoms with Gasteiger partial charge in [0.25, 0.3) is 0 Å². The van der Waals surface area contributed by atoms with E-state index in [-0.39, 0.29) is 18.2 Å². The summed E-state index contributed by atoms with van der Waals surface area (Å²) in [6.45, 7) is 5.50. The van der Waals surface area contributed by atoms with Gasteiger partial charge in [-0.25, -0.2) is 0 Å². The highest BCUT2D eigenvalue weighted by Crippen LogP contribution is 2.34. The number of nitrogens with one attached hydrogen (secondary N) is 1. The number of aromatic nitrogens is 3. The number of aliphatic carboxylic acids is 1. The summed E-state index contributed by atoms with van der Waals surface area (Å²) in [4.78, 5) is 15.8. The molecule has 0 bridgehead atoms. The summed E-state index contributed by atoms with van der Waals surface area (Å²) in [5.74, 6) is -0.362. The third-order valence-electron chi connectivity index (χ3n) is 4.41. The van der Waals surface area contributed by atoms with Crippen molar-refractivity contribution in [1.29, 1.82) is 0 Å². The minimum absolute atomic E-state index is 0.0712. The molecule has 0 radical (unpaired) electrons. The minimum atomic E-state index is -0.805. The van der Waals surface area contributed by atoms with E-state index in [9.17, 15) is 9.90 Å². The Labute approximate surface area is 151 Å². The van der Waals surface area contributed by atoms with E-state index in [0.717, 1.165) is 10.9 Å². The number of fused-ring (bicyclic) bond motifs is 1. The number of phenolic OH excluding ortho intramolecular Hbond substituents is 1. The Hall–Kier alpha value is -2.93. The van der Waals surface area contributed by atoms with Crippen molar-refractivity contribution in [3.63, 3.8) is 0 Å². The number of aromatic amines is 1. The van der Waals surface area contributed by atoms with Gasteiger partial charge in [-0.1, -0.05) is 26.0 Å². The Morgan fingerprint density at radius 1 is 1.27 bits per heavy atom. The number of H-pyrrole nitrogens is 1. The van der Waals surface area contributed by atoms with Gasteiger partial charge < -0.3 is 15.2 Å². The van der Waals surface area contributed by atoms with Crippen molar-refractivity contribution in [2.24, 2.45) is 0 Å². The van der Waals surface area contributed by atoms with Gasteiger partial charge in [0, 0.05) is 36.2 Å². The monoisotopic (exact) mass is 354 g/mol. The standard InChI is InChI=1S/C17H16N4O3.C2H6/c22-15-4-2-1-3-11(15)14-5-12-13(6-18-17(12)20-19-14)10-7-21(8-10)9-16(23)24;1-2/h1-6,10,22H,7-9H2,(H,18,20)(H,23,24);1-2H3. The first-order valence-corrected chi connectivity index (χ1v) is 8.69. The largest absolute Gasteiger partial charge is 0.507 e. The third-order valence-corrected chi connectivity index (χ3v) is 4.41. The molecule has 1 aliphatic rings. The third kappa shape index (κ3) is 3.39. The fourth-order valence-electron chi connectivity index (χ4n) is 3.19. The van der Waals surface area contributed by atoms with Crippen LogP contribution < -0.4 is 0 Å². The summed E-state index contributed by atoms with van der Waals surface area (Å²) in [7, 11) is 0. The highest BCUT2D eigenvalue weighted by molar-refractivity contribution is 5.84. The zero-order chi connectivity index (χ0) is 18.7. The molecular formula is C19H22N4O3. The van der Waals surface area contributed by atoms with Crippen LogP contribution in [0.15, 0.2) is 36.5 Å². The first-order chi connectivity index (χ1) is 12.6. The van der Waals surface area contributed by atoms with E-state index < -0.39 is 5.97 Å². The minimum Gasteiger partial charge on any atom is -0.507 e. The number of carboxylic acids is 1. The lowest BCUT2D eigenvalue weighted by Crippen LogP contribution is -2.47. The molecule has 26 heavy (non-hydrogen) atoms. The van der Waals surface area contributed by atoms with Crippen molar-refractivity contribution in [2.75, 3.05) is 19.6 Å². The molecule has 7 nitrogen and oxygen atoms in total. The average Bonchev–Trinajstić information content (AvgIpc) is 3.02. The fourth-order valence-corrected chi connectivity index (χ4v) is 3.19. The lowest BCUT2D eigenvalue weighted by molar-refractivity contribution is -0.139. The van der Waals surface area contributed by atoms with Crippen LogP contribution in [-0.4, -0.2) is 55.9 Å². The second-order valence-corrected chi connectivity index (χ2v) is 6.04. The van der Waals surface area contributed by atoms with Crippen LogP contribution in [0.2, 0.25) is 0 Å². The fraction of sp³-hybridized carbons (Fsp3) is 0.316. The predicted octanol–water partition coefficient (Wildman–Crippen LogP) is 2.84. The number of likely N-dealkylation sites (tertiary alicyclic amines) is 1. The topological polar surface area (TPSA) is 102 Å². The van der Waals surface area contributed by atoms with E-state index >= 15 is 0 Å². The first-order valence-electron chi connectivity index (χ1n) is 8.69. The molecule has 0 unspecified atom stereocenters. The van der Waals surface area contributed by atoms with Gasteiger partial charge in [-0.15, -0.1) is 10.2 Å². The Bertz CT molecular complexity index is 916. The number of hydrogen-bond donors (Lipinski definition) is 3. The van der Waals surface area contributed by atoms with Gasteiger partial charge in [-0.05, 0) is 23.8 Å². The summed E-state index contributed by atoms with van der Waals surface area (Å²) in [5.41, 5.74) is 3.06. The lowest BCUT2D eigenvalue weighted by atomic mass is 9.91. The summed E-state index contributed by atoms with van der Waals surface area (Å²) in [6, 6.07) is 8.94. The van der Waals surface area contributed by atoms with E-state index in [1.807, 2.05) is 37.1 Å². The molecule has 7 heteroatoms. The van der Waals surface area contributed by atoms with Gasteiger partial charge in [0.1, 0.15) is 5.75 Å². The zero-order valence-electron chi connectivity index (χ0n) is 14.8. The molecule has 1 saturated heterocycles. The summed E-state index contributed by atoms with van der Waals surface area (Å²) < 4.78 is 0. The Balaban J connectivity index is 0.000000948. The molecule has 1 fully saturated rings. The summed E-state index contributed by atoms with van der Waals surface area (Å²) >= 11 is 0. The molecule has 1 aromatic carbocycles.